The largest absolute Gasteiger partial charge is 0.344 e. The number of halogens is 1. The Bertz CT molecular complexity index is 614. The molecule has 2 aliphatic rings. The summed E-state index contributed by atoms with van der Waals surface area (Å²) < 4.78 is 4.63. The first-order valence-corrected chi connectivity index (χ1v) is 8.75. The van der Waals surface area contributed by atoms with Crippen molar-refractivity contribution in [1.29, 1.82) is 0 Å². The average Bonchev–Trinajstić information content (AvgIpc) is 3.19. The predicted octanol–water partition coefficient (Wildman–Crippen LogP) is 3.13. The summed E-state index contributed by atoms with van der Waals surface area (Å²) in [4.78, 5) is 10.9. The highest BCUT2D eigenvalue weighted by Crippen LogP contribution is 2.34. The number of aromatic nitrogens is 4. The van der Waals surface area contributed by atoms with Gasteiger partial charge < -0.3 is 4.98 Å². The van der Waals surface area contributed by atoms with Crippen LogP contribution >= 0.6 is 23.1 Å². The fourth-order valence-electron chi connectivity index (χ4n) is 3.44. The van der Waals surface area contributed by atoms with Gasteiger partial charge in [0.05, 0.1) is 11.7 Å². The van der Waals surface area contributed by atoms with Gasteiger partial charge in [0.15, 0.2) is 0 Å². The number of nitrogens with zero attached hydrogens (tertiary/aromatic N) is 4. The van der Waals surface area contributed by atoms with Gasteiger partial charge in [0.25, 0.3) is 0 Å². The standard InChI is InChI=1S/C14H18ClN5S/c15-13-11(18-19-21-13)8-20-7-3-6-12(20)14-16-9-4-1-2-5-10(9)17-14/h12H,1-8H2,(H,16,17)/t12-/m1/s1. The van der Waals surface area contributed by atoms with Gasteiger partial charge in [0.1, 0.15) is 15.9 Å². The highest BCUT2D eigenvalue weighted by molar-refractivity contribution is 7.10. The van der Waals surface area contributed by atoms with E-state index >= 15 is 0 Å². The van der Waals surface area contributed by atoms with E-state index in [0.29, 0.717) is 10.4 Å². The molecule has 1 saturated heterocycles. The molecule has 0 unspecified atom stereocenters. The van der Waals surface area contributed by atoms with Crippen LogP contribution in [0.3, 0.4) is 0 Å². The van der Waals surface area contributed by atoms with E-state index in [1.807, 2.05) is 0 Å². The highest BCUT2D eigenvalue weighted by Gasteiger charge is 2.30. The number of hydrogen-bond donors (Lipinski definition) is 1. The van der Waals surface area contributed by atoms with Gasteiger partial charge in [0, 0.05) is 23.8 Å². The van der Waals surface area contributed by atoms with Crippen LogP contribution < -0.4 is 0 Å². The first-order valence-electron chi connectivity index (χ1n) is 7.59. The molecule has 0 bridgehead atoms. The van der Waals surface area contributed by atoms with Crippen molar-refractivity contribution in [2.24, 2.45) is 0 Å². The van der Waals surface area contributed by atoms with Crippen molar-refractivity contribution in [1.82, 2.24) is 24.5 Å². The highest BCUT2D eigenvalue weighted by atomic mass is 35.5. The third-order valence-electron chi connectivity index (χ3n) is 4.51. The molecule has 1 N–H and O–H groups in total. The van der Waals surface area contributed by atoms with Crippen LogP contribution in [0.25, 0.3) is 0 Å². The number of imidazole rings is 1. The maximum absolute atomic E-state index is 6.14. The summed E-state index contributed by atoms with van der Waals surface area (Å²) in [7, 11) is 0. The number of aryl methyl sites for hydroxylation is 2. The van der Waals surface area contributed by atoms with E-state index in [1.165, 1.54) is 42.2 Å². The average molecular weight is 324 g/mol. The maximum atomic E-state index is 6.14. The van der Waals surface area contributed by atoms with Crippen molar-refractivity contribution in [2.75, 3.05) is 6.54 Å². The Morgan fingerprint density at radius 3 is 3.00 bits per heavy atom. The molecule has 1 aliphatic carbocycles. The normalized spacial score (nSPS) is 22.6. The second-order valence-corrected chi connectivity index (χ2v) is 7.23. The third kappa shape index (κ3) is 2.60. The molecule has 2 aromatic heterocycles. The number of nitrogens with one attached hydrogen (secondary N) is 1. The van der Waals surface area contributed by atoms with Crippen LogP contribution in [0.4, 0.5) is 0 Å². The quantitative estimate of drug-likeness (QED) is 0.942. The molecule has 1 fully saturated rings. The minimum absolute atomic E-state index is 0.369. The number of aromatic amines is 1. The Hall–Kier alpha value is -0.980. The van der Waals surface area contributed by atoms with Crippen LogP contribution in [0, 0.1) is 0 Å². The molecule has 21 heavy (non-hydrogen) atoms. The molecule has 0 amide bonds. The molecule has 3 heterocycles. The third-order valence-corrected chi connectivity index (χ3v) is 5.50. The van der Waals surface area contributed by atoms with Gasteiger partial charge in [-0.2, -0.15) is 0 Å². The van der Waals surface area contributed by atoms with Crippen molar-refractivity contribution < 1.29 is 0 Å². The number of likely N-dealkylation sites (tertiary alicyclic amines) is 1. The van der Waals surface area contributed by atoms with E-state index in [2.05, 4.69) is 19.5 Å². The van der Waals surface area contributed by atoms with E-state index in [1.54, 1.807) is 0 Å². The second-order valence-electron chi connectivity index (χ2n) is 5.88. The van der Waals surface area contributed by atoms with Crippen molar-refractivity contribution in [3.63, 3.8) is 0 Å². The van der Waals surface area contributed by atoms with Gasteiger partial charge in [-0.25, -0.2) is 4.98 Å². The fourth-order valence-corrected chi connectivity index (χ4v) is 4.05. The SMILES string of the molecule is Clc1snnc1CN1CCC[C@@H]1c1nc2c([nH]1)CCCC2. The van der Waals surface area contributed by atoms with Gasteiger partial charge in [0.2, 0.25) is 0 Å². The minimum atomic E-state index is 0.369. The Morgan fingerprint density at radius 2 is 2.19 bits per heavy atom. The lowest BCUT2D eigenvalue weighted by atomic mass is 10.0. The summed E-state index contributed by atoms with van der Waals surface area (Å²) in [6.45, 7) is 1.84. The Morgan fingerprint density at radius 1 is 1.29 bits per heavy atom. The van der Waals surface area contributed by atoms with Gasteiger partial charge in [-0.1, -0.05) is 16.1 Å². The lowest BCUT2D eigenvalue weighted by Crippen LogP contribution is -2.24. The summed E-state index contributed by atoms with van der Waals surface area (Å²) in [6.07, 6.45) is 7.18. The van der Waals surface area contributed by atoms with Crippen molar-refractivity contribution in [3.05, 3.63) is 27.2 Å². The molecule has 0 radical (unpaired) electrons. The topological polar surface area (TPSA) is 57.7 Å². The molecule has 0 spiro atoms. The van der Waals surface area contributed by atoms with E-state index < -0.39 is 0 Å². The Kier molecular flexibility index (Phi) is 3.69. The number of rotatable bonds is 3. The summed E-state index contributed by atoms with van der Waals surface area (Å²) in [5, 5.41) is 4.14. The minimum Gasteiger partial charge on any atom is -0.344 e. The molecule has 5 nitrogen and oxygen atoms in total. The maximum Gasteiger partial charge on any atom is 0.138 e. The number of fused-ring (bicyclic) bond motifs is 1. The summed E-state index contributed by atoms with van der Waals surface area (Å²) in [5.41, 5.74) is 3.54. The van der Waals surface area contributed by atoms with E-state index in [9.17, 15) is 0 Å². The van der Waals surface area contributed by atoms with Crippen LogP contribution in [0.15, 0.2) is 0 Å². The molecule has 4 rings (SSSR count). The first kappa shape index (κ1) is 13.7. The fraction of sp³-hybridized carbons (Fsp3) is 0.643. The molecule has 1 aliphatic heterocycles. The summed E-state index contributed by atoms with van der Waals surface area (Å²) in [6, 6.07) is 0.369. The monoisotopic (exact) mass is 323 g/mol. The Labute approximate surface area is 132 Å². The second kappa shape index (κ2) is 5.66. The molecule has 2 aromatic rings. The van der Waals surface area contributed by atoms with E-state index in [0.717, 1.165) is 43.9 Å². The van der Waals surface area contributed by atoms with E-state index in [-0.39, 0.29) is 0 Å². The molecule has 0 aromatic carbocycles. The van der Waals surface area contributed by atoms with E-state index in [4.69, 9.17) is 16.6 Å². The first-order chi connectivity index (χ1) is 10.3. The van der Waals surface area contributed by atoms with Crippen LogP contribution in [0.1, 0.15) is 54.6 Å². The lowest BCUT2D eigenvalue weighted by Gasteiger charge is -2.21. The van der Waals surface area contributed by atoms with Crippen LogP contribution in [0.5, 0.6) is 0 Å². The van der Waals surface area contributed by atoms with Crippen molar-refractivity contribution in [2.45, 2.75) is 51.1 Å². The molecular weight excluding hydrogens is 306 g/mol. The van der Waals surface area contributed by atoms with Crippen molar-refractivity contribution in [3.8, 4) is 0 Å². The number of hydrogen-bond acceptors (Lipinski definition) is 5. The van der Waals surface area contributed by atoms with Crippen LogP contribution in [-0.4, -0.2) is 31.0 Å². The molecule has 112 valence electrons. The van der Waals surface area contributed by atoms with Gasteiger partial charge in [-0.3, -0.25) is 4.90 Å². The Balaban J connectivity index is 1.56. The zero-order valence-corrected chi connectivity index (χ0v) is 13.4. The molecule has 7 heteroatoms. The van der Waals surface area contributed by atoms with Crippen LogP contribution in [0.2, 0.25) is 4.34 Å². The number of H-pyrrole nitrogens is 1. The van der Waals surface area contributed by atoms with Crippen LogP contribution in [-0.2, 0) is 19.4 Å². The molecule has 0 saturated carbocycles. The summed E-state index contributed by atoms with van der Waals surface area (Å²) >= 11 is 7.40. The zero-order valence-electron chi connectivity index (χ0n) is 11.8. The van der Waals surface area contributed by atoms with Crippen molar-refractivity contribution >= 4 is 23.1 Å². The summed E-state index contributed by atoms with van der Waals surface area (Å²) in [5.74, 6) is 1.14. The van der Waals surface area contributed by atoms with Gasteiger partial charge in [-0.05, 0) is 45.1 Å². The zero-order chi connectivity index (χ0) is 14.2. The predicted molar refractivity (Wildman–Crippen MR) is 82.5 cm³/mol. The molecular formula is C14H18ClN5S. The van der Waals surface area contributed by atoms with Gasteiger partial charge >= 0.3 is 0 Å². The lowest BCUT2D eigenvalue weighted by molar-refractivity contribution is 0.238. The van der Waals surface area contributed by atoms with Gasteiger partial charge in [-0.15, -0.1) is 5.10 Å². The molecule has 1 atom stereocenters. The smallest absolute Gasteiger partial charge is 0.138 e.